The number of thiazole rings is 1. The van der Waals surface area contributed by atoms with E-state index in [4.69, 9.17) is 0 Å². The molecule has 2 aromatic rings. The molecule has 1 heterocycles. The molecule has 0 bridgehead atoms. The van der Waals surface area contributed by atoms with Crippen LogP contribution in [0.2, 0.25) is 0 Å². The molecule has 1 aromatic carbocycles. The fourth-order valence-electron chi connectivity index (χ4n) is 1.60. The summed E-state index contributed by atoms with van der Waals surface area (Å²) >= 11 is 1.14. The summed E-state index contributed by atoms with van der Waals surface area (Å²) < 4.78 is 38.2. The fourth-order valence-corrected chi connectivity index (χ4v) is 2.41. The maximum Gasteiger partial charge on any atom is 0.416 e. The molecule has 0 saturated heterocycles. The third-order valence-corrected chi connectivity index (χ3v) is 3.84. The van der Waals surface area contributed by atoms with E-state index in [-0.39, 0.29) is 5.91 Å². The number of nitrogens with zero attached hydrogens (tertiary/aromatic N) is 1. The van der Waals surface area contributed by atoms with Crippen LogP contribution in [0.15, 0.2) is 30.5 Å². The zero-order chi connectivity index (χ0) is 16.5. The van der Waals surface area contributed by atoms with Gasteiger partial charge in [-0.15, -0.1) is 0 Å². The summed E-state index contributed by atoms with van der Waals surface area (Å²) in [7, 11) is 0. The lowest BCUT2D eigenvalue weighted by Crippen LogP contribution is -2.27. The Kier molecular flexibility index (Phi) is 4.28. The molecule has 22 heavy (non-hydrogen) atoms. The van der Waals surface area contributed by atoms with Gasteiger partial charge < -0.3 is 5.32 Å². The van der Waals surface area contributed by atoms with Crippen molar-refractivity contribution in [2.45, 2.75) is 26.9 Å². The van der Waals surface area contributed by atoms with Crippen LogP contribution in [0.5, 0.6) is 0 Å². The van der Waals surface area contributed by atoms with Crippen molar-refractivity contribution in [2.75, 3.05) is 5.32 Å². The summed E-state index contributed by atoms with van der Waals surface area (Å²) in [5.41, 5.74) is -0.857. The molecule has 3 nitrogen and oxygen atoms in total. The minimum atomic E-state index is -4.38. The Balaban J connectivity index is 2.24. The number of hydrogen-bond acceptors (Lipinski definition) is 3. The second-order valence-corrected chi connectivity index (χ2v) is 6.84. The standard InChI is InChI=1S/C15H15F3N2OS/c1-14(2,3)12(21)20-13-19-8-11(22-13)9-5-4-6-10(7-9)15(16,17)18/h4-8H,1-3H3,(H,19,20,21). The van der Waals surface area contributed by atoms with Crippen LogP contribution in [0.25, 0.3) is 10.4 Å². The van der Waals surface area contributed by atoms with Crippen LogP contribution in [0.1, 0.15) is 26.3 Å². The van der Waals surface area contributed by atoms with Gasteiger partial charge in [-0.3, -0.25) is 4.79 Å². The van der Waals surface area contributed by atoms with Crippen LogP contribution in [-0.4, -0.2) is 10.9 Å². The molecule has 0 spiro atoms. The Morgan fingerprint density at radius 2 is 1.91 bits per heavy atom. The van der Waals surface area contributed by atoms with Gasteiger partial charge in [0.2, 0.25) is 5.91 Å². The minimum Gasteiger partial charge on any atom is -0.302 e. The molecule has 2 rings (SSSR count). The zero-order valence-electron chi connectivity index (χ0n) is 12.3. The van der Waals surface area contributed by atoms with Crippen molar-refractivity contribution in [3.63, 3.8) is 0 Å². The smallest absolute Gasteiger partial charge is 0.302 e. The van der Waals surface area contributed by atoms with Gasteiger partial charge in [-0.25, -0.2) is 4.98 Å². The highest BCUT2D eigenvalue weighted by atomic mass is 32.1. The number of benzene rings is 1. The van der Waals surface area contributed by atoms with E-state index in [9.17, 15) is 18.0 Å². The van der Waals surface area contributed by atoms with Gasteiger partial charge >= 0.3 is 6.18 Å². The monoisotopic (exact) mass is 328 g/mol. The van der Waals surface area contributed by atoms with Gasteiger partial charge in [0.15, 0.2) is 5.13 Å². The quantitative estimate of drug-likeness (QED) is 0.859. The van der Waals surface area contributed by atoms with Crippen LogP contribution in [-0.2, 0) is 11.0 Å². The fraction of sp³-hybridized carbons (Fsp3) is 0.333. The number of hydrogen-bond donors (Lipinski definition) is 1. The van der Waals surface area contributed by atoms with Crippen LogP contribution in [0.3, 0.4) is 0 Å². The number of carbonyl (C=O) groups is 1. The lowest BCUT2D eigenvalue weighted by molar-refractivity contribution is -0.137. The van der Waals surface area contributed by atoms with Gasteiger partial charge in [-0.2, -0.15) is 13.2 Å². The number of anilines is 1. The number of carbonyl (C=O) groups excluding carboxylic acids is 1. The average molecular weight is 328 g/mol. The molecule has 0 unspecified atom stereocenters. The molecule has 118 valence electrons. The predicted molar refractivity (Wildman–Crippen MR) is 80.6 cm³/mol. The van der Waals surface area contributed by atoms with E-state index in [1.54, 1.807) is 26.8 Å². The Hall–Kier alpha value is -1.89. The number of nitrogens with one attached hydrogen (secondary N) is 1. The predicted octanol–water partition coefficient (Wildman–Crippen LogP) is 4.81. The first-order valence-electron chi connectivity index (χ1n) is 6.52. The highest BCUT2D eigenvalue weighted by molar-refractivity contribution is 7.19. The molecule has 0 aliphatic heterocycles. The molecule has 1 amide bonds. The Labute approximate surface area is 130 Å². The number of aromatic nitrogens is 1. The lowest BCUT2D eigenvalue weighted by atomic mass is 9.96. The van der Waals surface area contributed by atoms with E-state index in [0.29, 0.717) is 15.6 Å². The largest absolute Gasteiger partial charge is 0.416 e. The molecular weight excluding hydrogens is 313 g/mol. The van der Waals surface area contributed by atoms with Crippen molar-refractivity contribution >= 4 is 22.4 Å². The summed E-state index contributed by atoms with van der Waals surface area (Å²) in [5.74, 6) is -0.197. The van der Waals surface area contributed by atoms with E-state index in [1.165, 1.54) is 12.3 Å². The minimum absolute atomic E-state index is 0.197. The second kappa shape index (κ2) is 5.72. The number of amides is 1. The van der Waals surface area contributed by atoms with Crippen molar-refractivity contribution in [2.24, 2.45) is 5.41 Å². The van der Waals surface area contributed by atoms with E-state index < -0.39 is 17.2 Å². The first kappa shape index (κ1) is 16.5. The second-order valence-electron chi connectivity index (χ2n) is 5.81. The van der Waals surface area contributed by atoms with Crippen molar-refractivity contribution in [3.05, 3.63) is 36.0 Å². The normalized spacial score (nSPS) is 12.3. The van der Waals surface area contributed by atoms with Gasteiger partial charge in [0.05, 0.1) is 10.4 Å². The number of rotatable bonds is 2. The molecule has 0 saturated carbocycles. The third-order valence-electron chi connectivity index (χ3n) is 2.88. The first-order chi connectivity index (χ1) is 10.1. The first-order valence-corrected chi connectivity index (χ1v) is 7.34. The molecule has 7 heteroatoms. The SMILES string of the molecule is CC(C)(C)C(=O)Nc1ncc(-c2cccc(C(F)(F)F)c2)s1. The summed E-state index contributed by atoms with van der Waals surface area (Å²) in [6, 6.07) is 5.03. The van der Waals surface area contributed by atoms with Crippen LogP contribution in [0.4, 0.5) is 18.3 Å². The van der Waals surface area contributed by atoms with Gasteiger partial charge in [-0.05, 0) is 17.7 Å². The molecule has 0 radical (unpaired) electrons. The van der Waals surface area contributed by atoms with Crippen molar-refractivity contribution in [1.29, 1.82) is 0 Å². The Bertz CT molecular complexity index is 687. The summed E-state index contributed by atoms with van der Waals surface area (Å²) in [5, 5.41) is 3.03. The highest BCUT2D eigenvalue weighted by Gasteiger charge is 2.30. The summed E-state index contributed by atoms with van der Waals surface area (Å²) in [6.45, 7) is 5.30. The van der Waals surface area contributed by atoms with E-state index >= 15 is 0 Å². The van der Waals surface area contributed by atoms with E-state index in [1.807, 2.05) is 0 Å². The molecule has 1 aromatic heterocycles. The van der Waals surface area contributed by atoms with Crippen molar-refractivity contribution in [1.82, 2.24) is 4.98 Å². The zero-order valence-corrected chi connectivity index (χ0v) is 13.1. The summed E-state index contributed by atoms with van der Waals surface area (Å²) in [4.78, 5) is 16.5. The Morgan fingerprint density at radius 3 is 2.50 bits per heavy atom. The van der Waals surface area contributed by atoms with E-state index in [2.05, 4.69) is 10.3 Å². The van der Waals surface area contributed by atoms with Crippen LogP contribution in [0, 0.1) is 5.41 Å². The van der Waals surface area contributed by atoms with Gasteiger partial charge in [0, 0.05) is 11.6 Å². The average Bonchev–Trinajstić information content (AvgIpc) is 2.85. The Morgan fingerprint density at radius 1 is 1.23 bits per heavy atom. The number of halogens is 3. The third kappa shape index (κ3) is 3.85. The van der Waals surface area contributed by atoms with Gasteiger partial charge in [-0.1, -0.05) is 44.2 Å². The molecule has 0 atom stereocenters. The lowest BCUT2D eigenvalue weighted by Gasteiger charge is -2.15. The molecule has 1 N–H and O–H groups in total. The molecule has 0 aliphatic rings. The summed E-state index contributed by atoms with van der Waals surface area (Å²) in [6.07, 6.45) is -2.93. The molecular formula is C15H15F3N2OS. The van der Waals surface area contributed by atoms with Crippen LogP contribution >= 0.6 is 11.3 Å². The molecule has 0 aliphatic carbocycles. The highest BCUT2D eigenvalue weighted by Crippen LogP contribution is 2.35. The van der Waals surface area contributed by atoms with Crippen molar-refractivity contribution in [3.8, 4) is 10.4 Å². The maximum atomic E-state index is 12.7. The van der Waals surface area contributed by atoms with Gasteiger partial charge in [0.25, 0.3) is 0 Å². The van der Waals surface area contributed by atoms with Crippen LogP contribution < -0.4 is 5.32 Å². The van der Waals surface area contributed by atoms with E-state index in [0.717, 1.165) is 23.5 Å². The molecule has 0 fully saturated rings. The maximum absolute atomic E-state index is 12.7. The number of alkyl halides is 3. The topological polar surface area (TPSA) is 42.0 Å². The van der Waals surface area contributed by atoms with Crippen molar-refractivity contribution < 1.29 is 18.0 Å². The van der Waals surface area contributed by atoms with Gasteiger partial charge in [0.1, 0.15) is 0 Å².